The zero-order chi connectivity index (χ0) is 11.1. The second-order valence-electron chi connectivity index (χ2n) is 4.05. The number of pyridine rings is 1. The average molecular weight is 208 g/mol. The molecule has 1 aromatic heterocycles. The van der Waals surface area contributed by atoms with Crippen LogP contribution in [0.2, 0.25) is 0 Å². The standard InChI is InChI=1S/C10H12N2O3/c1-10(15)5-12(6-10)9(14)7-2-3-11-4-8(7)13/h2-4,13,15H,5-6H2,1H3. The quantitative estimate of drug-likeness (QED) is 0.681. The van der Waals surface area contributed by atoms with Crippen molar-refractivity contribution in [2.75, 3.05) is 13.1 Å². The summed E-state index contributed by atoms with van der Waals surface area (Å²) in [6.45, 7) is 2.27. The number of carbonyl (C=O) groups is 1. The van der Waals surface area contributed by atoms with E-state index in [4.69, 9.17) is 0 Å². The first-order valence-electron chi connectivity index (χ1n) is 4.64. The van der Waals surface area contributed by atoms with Crippen molar-refractivity contribution in [2.24, 2.45) is 0 Å². The smallest absolute Gasteiger partial charge is 0.257 e. The molecule has 1 amide bonds. The van der Waals surface area contributed by atoms with Crippen LogP contribution >= 0.6 is 0 Å². The molecule has 0 aliphatic carbocycles. The van der Waals surface area contributed by atoms with Gasteiger partial charge in [0.1, 0.15) is 5.75 Å². The second-order valence-corrected chi connectivity index (χ2v) is 4.05. The number of nitrogens with zero attached hydrogens (tertiary/aromatic N) is 2. The van der Waals surface area contributed by atoms with Crippen LogP contribution in [0.25, 0.3) is 0 Å². The van der Waals surface area contributed by atoms with Gasteiger partial charge >= 0.3 is 0 Å². The maximum absolute atomic E-state index is 11.8. The number of carbonyl (C=O) groups excluding carboxylic acids is 1. The van der Waals surface area contributed by atoms with Gasteiger partial charge in [0.25, 0.3) is 5.91 Å². The highest BCUT2D eigenvalue weighted by Gasteiger charge is 2.40. The molecular weight excluding hydrogens is 196 g/mol. The molecule has 2 heterocycles. The summed E-state index contributed by atoms with van der Waals surface area (Å²) >= 11 is 0. The maximum atomic E-state index is 11.8. The van der Waals surface area contributed by atoms with Gasteiger partial charge in [-0.05, 0) is 13.0 Å². The fourth-order valence-electron chi connectivity index (χ4n) is 1.66. The number of hydrogen-bond donors (Lipinski definition) is 2. The maximum Gasteiger partial charge on any atom is 0.257 e. The fourth-order valence-corrected chi connectivity index (χ4v) is 1.66. The van der Waals surface area contributed by atoms with Crippen LogP contribution in [-0.4, -0.2) is 44.7 Å². The Morgan fingerprint density at radius 1 is 1.60 bits per heavy atom. The van der Waals surface area contributed by atoms with Crippen LogP contribution in [0.3, 0.4) is 0 Å². The largest absolute Gasteiger partial charge is 0.505 e. The molecule has 5 nitrogen and oxygen atoms in total. The van der Waals surface area contributed by atoms with Crippen molar-refractivity contribution < 1.29 is 15.0 Å². The van der Waals surface area contributed by atoms with E-state index in [1.807, 2.05) is 0 Å². The summed E-state index contributed by atoms with van der Waals surface area (Å²) in [4.78, 5) is 16.9. The number of aliphatic hydroxyl groups is 1. The van der Waals surface area contributed by atoms with E-state index in [1.54, 1.807) is 6.92 Å². The van der Waals surface area contributed by atoms with Crippen molar-refractivity contribution in [1.29, 1.82) is 0 Å². The van der Waals surface area contributed by atoms with E-state index in [2.05, 4.69) is 4.98 Å². The Hall–Kier alpha value is -1.62. The average Bonchev–Trinajstić information content (AvgIpc) is 2.14. The third-order valence-electron chi connectivity index (χ3n) is 2.38. The molecule has 15 heavy (non-hydrogen) atoms. The lowest BCUT2D eigenvalue weighted by Gasteiger charge is -2.44. The molecule has 0 bridgehead atoms. The lowest BCUT2D eigenvalue weighted by atomic mass is 9.96. The van der Waals surface area contributed by atoms with E-state index in [-0.39, 0.29) is 17.2 Å². The van der Waals surface area contributed by atoms with Gasteiger partial charge in [-0.25, -0.2) is 0 Å². The summed E-state index contributed by atoms with van der Waals surface area (Å²) in [7, 11) is 0. The zero-order valence-corrected chi connectivity index (χ0v) is 8.34. The normalized spacial score (nSPS) is 18.4. The van der Waals surface area contributed by atoms with Gasteiger partial charge in [0.05, 0.1) is 30.5 Å². The van der Waals surface area contributed by atoms with Gasteiger partial charge in [-0.2, -0.15) is 0 Å². The molecule has 1 fully saturated rings. The summed E-state index contributed by atoms with van der Waals surface area (Å²) < 4.78 is 0. The number of β-amino-alcohol motifs (C(OH)–C–C–N with tert-alkyl or cyclic N) is 1. The van der Waals surface area contributed by atoms with Gasteiger partial charge in [0.2, 0.25) is 0 Å². The third-order valence-corrected chi connectivity index (χ3v) is 2.38. The molecule has 0 atom stereocenters. The van der Waals surface area contributed by atoms with E-state index in [0.717, 1.165) is 0 Å². The Morgan fingerprint density at radius 2 is 2.27 bits per heavy atom. The van der Waals surface area contributed by atoms with Crippen LogP contribution in [0, 0.1) is 0 Å². The predicted octanol–water partition coefficient (Wildman–Crippen LogP) is -0.00600. The molecule has 0 radical (unpaired) electrons. The molecule has 2 rings (SSSR count). The number of amides is 1. The predicted molar refractivity (Wildman–Crippen MR) is 52.4 cm³/mol. The molecule has 0 aromatic carbocycles. The lowest BCUT2D eigenvalue weighted by Crippen LogP contribution is -2.61. The number of aromatic nitrogens is 1. The fraction of sp³-hybridized carbons (Fsp3) is 0.400. The first-order valence-corrected chi connectivity index (χ1v) is 4.64. The van der Waals surface area contributed by atoms with E-state index >= 15 is 0 Å². The molecule has 0 unspecified atom stereocenters. The van der Waals surface area contributed by atoms with E-state index < -0.39 is 5.60 Å². The SMILES string of the molecule is CC1(O)CN(C(=O)c2ccncc2O)C1. The first kappa shape index (κ1) is 9.92. The summed E-state index contributed by atoms with van der Waals surface area (Å²) in [5.41, 5.74) is -0.571. The van der Waals surface area contributed by atoms with E-state index in [0.29, 0.717) is 13.1 Å². The molecule has 0 saturated carbocycles. The molecule has 2 N–H and O–H groups in total. The lowest BCUT2D eigenvalue weighted by molar-refractivity contribution is -0.0669. The molecule has 80 valence electrons. The van der Waals surface area contributed by atoms with Crippen LogP contribution in [0.1, 0.15) is 17.3 Å². The molecule has 5 heteroatoms. The Morgan fingerprint density at radius 3 is 2.80 bits per heavy atom. The molecule has 1 aliphatic heterocycles. The van der Waals surface area contributed by atoms with Gasteiger partial charge in [0.15, 0.2) is 0 Å². The van der Waals surface area contributed by atoms with Crippen molar-refractivity contribution >= 4 is 5.91 Å². The Balaban J connectivity index is 2.14. The van der Waals surface area contributed by atoms with Gasteiger partial charge < -0.3 is 15.1 Å². The van der Waals surface area contributed by atoms with Crippen LogP contribution < -0.4 is 0 Å². The van der Waals surface area contributed by atoms with E-state index in [1.165, 1.54) is 23.4 Å². The van der Waals surface area contributed by atoms with Crippen LogP contribution in [-0.2, 0) is 0 Å². The van der Waals surface area contributed by atoms with Crippen molar-refractivity contribution in [3.63, 3.8) is 0 Å². The molecule has 0 spiro atoms. The minimum Gasteiger partial charge on any atom is -0.505 e. The highest BCUT2D eigenvalue weighted by Crippen LogP contribution is 2.24. The number of likely N-dealkylation sites (tertiary alicyclic amines) is 1. The third kappa shape index (κ3) is 1.78. The topological polar surface area (TPSA) is 73.7 Å². The highest BCUT2D eigenvalue weighted by atomic mass is 16.3. The molecule has 1 saturated heterocycles. The minimum absolute atomic E-state index is 0.131. The first-order chi connectivity index (χ1) is 6.99. The van der Waals surface area contributed by atoms with Gasteiger partial charge in [0, 0.05) is 6.20 Å². The zero-order valence-electron chi connectivity index (χ0n) is 8.34. The van der Waals surface area contributed by atoms with Crippen molar-refractivity contribution in [2.45, 2.75) is 12.5 Å². The van der Waals surface area contributed by atoms with Crippen LogP contribution in [0.4, 0.5) is 0 Å². The van der Waals surface area contributed by atoms with Crippen LogP contribution in [0.5, 0.6) is 5.75 Å². The molecule has 1 aliphatic rings. The van der Waals surface area contributed by atoms with Crippen molar-refractivity contribution in [3.8, 4) is 5.75 Å². The van der Waals surface area contributed by atoms with Gasteiger partial charge in [-0.3, -0.25) is 9.78 Å². The summed E-state index contributed by atoms with van der Waals surface area (Å²) in [5.74, 6) is -0.407. The monoisotopic (exact) mass is 208 g/mol. The Kier molecular flexibility index (Phi) is 2.12. The summed E-state index contributed by atoms with van der Waals surface area (Å²) in [6, 6.07) is 1.46. The van der Waals surface area contributed by atoms with Crippen molar-refractivity contribution in [1.82, 2.24) is 9.88 Å². The second kappa shape index (κ2) is 3.20. The van der Waals surface area contributed by atoms with Gasteiger partial charge in [-0.15, -0.1) is 0 Å². The number of rotatable bonds is 1. The molecule has 1 aromatic rings. The molecular formula is C10H12N2O3. The number of hydrogen-bond acceptors (Lipinski definition) is 4. The Bertz CT molecular complexity index is 395. The van der Waals surface area contributed by atoms with Gasteiger partial charge in [-0.1, -0.05) is 0 Å². The summed E-state index contributed by atoms with van der Waals surface area (Å²) in [5, 5.41) is 18.9. The number of aromatic hydroxyl groups is 1. The highest BCUT2D eigenvalue weighted by molar-refractivity contribution is 5.97. The van der Waals surface area contributed by atoms with Crippen molar-refractivity contribution in [3.05, 3.63) is 24.0 Å². The van der Waals surface area contributed by atoms with Crippen LogP contribution in [0.15, 0.2) is 18.5 Å². The van der Waals surface area contributed by atoms with E-state index in [9.17, 15) is 15.0 Å². The summed E-state index contributed by atoms with van der Waals surface area (Å²) in [6.07, 6.45) is 2.68. The Labute approximate surface area is 87.0 Å². The minimum atomic E-state index is -0.793.